The van der Waals surface area contributed by atoms with Gasteiger partial charge in [0, 0.05) is 17.8 Å². The molecule has 0 aromatic heterocycles. The maximum atomic E-state index is 13.2. The van der Waals surface area contributed by atoms with Gasteiger partial charge in [0.1, 0.15) is 0 Å². The lowest BCUT2D eigenvalue weighted by Gasteiger charge is -2.17. The number of esters is 2. The van der Waals surface area contributed by atoms with Crippen molar-refractivity contribution in [3.8, 4) is 0 Å². The third-order valence-electron chi connectivity index (χ3n) is 5.97. The first-order chi connectivity index (χ1) is 18.4. The Kier molecular flexibility index (Phi) is 8.55. The van der Waals surface area contributed by atoms with E-state index in [9.17, 15) is 14.4 Å². The fourth-order valence-electron chi connectivity index (χ4n) is 4.28. The Morgan fingerprint density at radius 1 is 0.895 bits per heavy atom. The number of ether oxygens (including phenoxy) is 2. The predicted molar refractivity (Wildman–Crippen MR) is 147 cm³/mol. The Balaban J connectivity index is 1.62. The van der Waals surface area contributed by atoms with Crippen LogP contribution in [0.1, 0.15) is 40.9 Å². The Bertz CT molecular complexity index is 1350. The molecule has 0 aliphatic carbocycles. The first-order valence-corrected chi connectivity index (χ1v) is 12.5. The number of carbonyl (C=O) groups excluding carboxylic acids is 3. The summed E-state index contributed by atoms with van der Waals surface area (Å²) in [5.74, 6) is -0.946. The summed E-state index contributed by atoms with van der Waals surface area (Å²) >= 11 is 0. The summed E-state index contributed by atoms with van der Waals surface area (Å²) < 4.78 is 10.1. The highest BCUT2D eigenvalue weighted by Gasteiger charge is 2.29. The van der Waals surface area contributed by atoms with E-state index in [1.165, 1.54) is 0 Å². The molecule has 0 fully saturated rings. The number of benzene rings is 3. The lowest BCUT2D eigenvalue weighted by Crippen LogP contribution is -2.26. The number of fused-ring (bicyclic) bond motifs is 1. The van der Waals surface area contributed by atoms with E-state index in [0.29, 0.717) is 41.2 Å². The van der Waals surface area contributed by atoms with E-state index < -0.39 is 5.97 Å². The Hall–Kier alpha value is -4.43. The minimum absolute atomic E-state index is 0.213. The molecule has 1 amide bonds. The van der Waals surface area contributed by atoms with E-state index in [1.54, 1.807) is 32.0 Å². The molecule has 0 saturated heterocycles. The van der Waals surface area contributed by atoms with Crippen LogP contribution in [0.15, 0.2) is 72.8 Å². The lowest BCUT2D eigenvalue weighted by molar-refractivity contribution is -0.144. The Morgan fingerprint density at radius 3 is 2.29 bits per heavy atom. The monoisotopic (exact) mass is 513 g/mol. The minimum atomic E-state index is -0.434. The van der Waals surface area contributed by atoms with Crippen LogP contribution in [0.25, 0.3) is 11.3 Å². The van der Waals surface area contributed by atoms with Crippen molar-refractivity contribution in [2.75, 3.05) is 37.4 Å². The number of carbonyl (C=O) groups is 3. The highest BCUT2D eigenvalue weighted by Crippen LogP contribution is 2.38. The number of anilines is 2. The molecule has 1 aliphatic rings. The van der Waals surface area contributed by atoms with Gasteiger partial charge in [-0.25, -0.2) is 4.79 Å². The van der Waals surface area contributed by atoms with Crippen molar-refractivity contribution < 1.29 is 23.9 Å². The number of likely N-dealkylation sites (N-methyl/N-ethyl adjacent to an activating group) is 1. The summed E-state index contributed by atoms with van der Waals surface area (Å²) in [5, 5.41) is 6.32. The highest BCUT2D eigenvalue weighted by atomic mass is 16.5. The smallest absolute Gasteiger partial charge is 0.338 e. The van der Waals surface area contributed by atoms with Crippen LogP contribution >= 0.6 is 0 Å². The molecule has 4 rings (SSSR count). The molecule has 0 radical (unpaired) electrons. The molecule has 38 heavy (non-hydrogen) atoms. The third-order valence-corrected chi connectivity index (χ3v) is 5.97. The first kappa shape index (κ1) is 26.6. The second-order valence-corrected chi connectivity index (χ2v) is 8.85. The summed E-state index contributed by atoms with van der Waals surface area (Å²) in [6, 6.07) is 22.5. The van der Waals surface area contributed by atoms with E-state index in [2.05, 4.69) is 10.6 Å². The molecule has 3 aromatic rings. The van der Waals surface area contributed by atoms with Gasteiger partial charge in [-0.05, 0) is 56.3 Å². The molecule has 3 aromatic carbocycles. The summed E-state index contributed by atoms with van der Waals surface area (Å²) in [5.41, 5.74) is 5.46. The van der Waals surface area contributed by atoms with Crippen LogP contribution < -0.4 is 10.6 Å². The fourth-order valence-corrected chi connectivity index (χ4v) is 4.28. The van der Waals surface area contributed by atoms with E-state index in [1.807, 2.05) is 66.5 Å². The van der Waals surface area contributed by atoms with Crippen LogP contribution in [0.3, 0.4) is 0 Å². The Morgan fingerprint density at radius 2 is 1.61 bits per heavy atom. The molecule has 0 unspecified atom stereocenters. The summed E-state index contributed by atoms with van der Waals surface area (Å²) in [6.07, 6.45) is 0. The van der Waals surface area contributed by atoms with E-state index in [-0.39, 0.29) is 25.0 Å². The number of hydrogen-bond acceptors (Lipinski definition) is 7. The quantitative estimate of drug-likeness (QED) is 0.297. The topological polar surface area (TPSA) is 97.0 Å². The summed E-state index contributed by atoms with van der Waals surface area (Å²) in [4.78, 5) is 39.0. The van der Waals surface area contributed by atoms with Gasteiger partial charge in [0.25, 0.3) is 5.91 Å². The fraction of sp³-hybridized carbons (Fsp3) is 0.233. The van der Waals surface area contributed by atoms with E-state index in [0.717, 1.165) is 16.8 Å². The molecule has 196 valence electrons. The van der Waals surface area contributed by atoms with Crippen molar-refractivity contribution in [2.24, 2.45) is 0 Å². The lowest BCUT2D eigenvalue weighted by atomic mass is 9.99. The van der Waals surface area contributed by atoms with Gasteiger partial charge in [0.2, 0.25) is 0 Å². The molecule has 0 bridgehead atoms. The van der Waals surface area contributed by atoms with Gasteiger partial charge in [0.05, 0.1) is 42.3 Å². The molecule has 0 saturated carbocycles. The predicted octanol–water partition coefficient (Wildman–Crippen LogP) is 4.79. The molecule has 1 aliphatic heterocycles. The molecule has 1 heterocycles. The summed E-state index contributed by atoms with van der Waals surface area (Å²) in [7, 11) is 1.87. The third kappa shape index (κ3) is 6.27. The van der Waals surface area contributed by atoms with Crippen molar-refractivity contribution in [1.82, 2.24) is 4.90 Å². The molecular formula is C30H31N3O5. The molecule has 8 heteroatoms. The standard InChI is InChI=1S/C30H31N3O5/c1-4-37-26(34)19-33(3)18-20-11-14-23(15-12-20)31-28(21-9-7-6-8-10-21)27-24-16-13-22(30(36)38-5-2)17-25(24)32-29(27)35/h6-17,31H,4-5,18-19H2,1-3H3,(H,32,35)/b28-27-. The molecule has 8 nitrogen and oxygen atoms in total. The van der Waals surface area contributed by atoms with Crippen LogP contribution in [-0.4, -0.2) is 49.6 Å². The normalized spacial score (nSPS) is 13.5. The first-order valence-electron chi connectivity index (χ1n) is 12.5. The number of hydrogen-bond donors (Lipinski definition) is 2. The Labute approximate surface area is 222 Å². The van der Waals surface area contributed by atoms with Crippen LogP contribution in [0.5, 0.6) is 0 Å². The SMILES string of the molecule is CCOC(=O)CN(C)Cc1ccc(N/C(=C2\C(=O)Nc3cc(C(=O)OCC)ccc32)c2ccccc2)cc1. The maximum absolute atomic E-state index is 13.2. The van der Waals surface area contributed by atoms with Gasteiger partial charge >= 0.3 is 11.9 Å². The average Bonchev–Trinajstić information content (AvgIpc) is 3.23. The molecule has 2 N–H and O–H groups in total. The van der Waals surface area contributed by atoms with Crippen molar-refractivity contribution in [1.29, 1.82) is 0 Å². The zero-order valence-electron chi connectivity index (χ0n) is 21.7. The van der Waals surface area contributed by atoms with Gasteiger partial charge in [-0.1, -0.05) is 48.5 Å². The second-order valence-electron chi connectivity index (χ2n) is 8.85. The van der Waals surface area contributed by atoms with E-state index >= 15 is 0 Å². The maximum Gasteiger partial charge on any atom is 0.338 e. The van der Waals surface area contributed by atoms with Crippen molar-refractivity contribution in [3.05, 3.63) is 95.1 Å². The summed E-state index contributed by atoms with van der Waals surface area (Å²) in [6.45, 7) is 4.98. The minimum Gasteiger partial charge on any atom is -0.465 e. The zero-order chi connectivity index (χ0) is 27.1. The van der Waals surface area contributed by atoms with Crippen LogP contribution in [0.2, 0.25) is 0 Å². The average molecular weight is 514 g/mol. The van der Waals surface area contributed by atoms with Gasteiger partial charge in [-0.2, -0.15) is 0 Å². The molecule has 0 spiro atoms. The largest absolute Gasteiger partial charge is 0.465 e. The molecule has 0 atom stereocenters. The van der Waals surface area contributed by atoms with Crippen molar-refractivity contribution in [3.63, 3.8) is 0 Å². The highest BCUT2D eigenvalue weighted by molar-refractivity contribution is 6.37. The van der Waals surface area contributed by atoms with Gasteiger partial charge in [0.15, 0.2) is 0 Å². The number of nitrogens with zero attached hydrogens (tertiary/aromatic N) is 1. The van der Waals surface area contributed by atoms with Crippen LogP contribution in [0, 0.1) is 0 Å². The second kappa shape index (κ2) is 12.2. The van der Waals surface area contributed by atoms with Crippen LogP contribution in [-0.2, 0) is 25.6 Å². The molecular weight excluding hydrogens is 482 g/mol. The number of nitrogens with one attached hydrogen (secondary N) is 2. The zero-order valence-corrected chi connectivity index (χ0v) is 21.7. The van der Waals surface area contributed by atoms with Crippen molar-refractivity contribution in [2.45, 2.75) is 20.4 Å². The van der Waals surface area contributed by atoms with E-state index in [4.69, 9.17) is 9.47 Å². The number of amides is 1. The van der Waals surface area contributed by atoms with Gasteiger partial charge < -0.3 is 20.1 Å². The van der Waals surface area contributed by atoms with Crippen molar-refractivity contribution >= 4 is 40.5 Å². The van der Waals surface area contributed by atoms with Gasteiger partial charge in [-0.15, -0.1) is 0 Å². The van der Waals surface area contributed by atoms with Gasteiger partial charge in [-0.3, -0.25) is 14.5 Å². The number of rotatable bonds is 10. The van der Waals surface area contributed by atoms with Crippen LogP contribution in [0.4, 0.5) is 11.4 Å².